The summed E-state index contributed by atoms with van der Waals surface area (Å²) in [5.74, 6) is -3.52. The van der Waals surface area contributed by atoms with Gasteiger partial charge in [0.2, 0.25) is 0 Å². The summed E-state index contributed by atoms with van der Waals surface area (Å²) in [4.78, 5) is 16.0. The molecule has 0 aliphatic carbocycles. The summed E-state index contributed by atoms with van der Waals surface area (Å²) >= 11 is 0. The van der Waals surface area contributed by atoms with E-state index in [0.717, 1.165) is 29.9 Å². The second-order valence-corrected chi connectivity index (χ2v) is 10.6. The minimum absolute atomic E-state index is 0.123. The van der Waals surface area contributed by atoms with Crippen LogP contribution in [0.3, 0.4) is 0 Å². The van der Waals surface area contributed by atoms with Gasteiger partial charge in [-0.25, -0.2) is 13.2 Å². The number of fused-ring (bicyclic) bond motifs is 4. The molecule has 7 rings (SSSR count). The van der Waals surface area contributed by atoms with E-state index in [9.17, 15) is 9.50 Å². The number of piperazine rings is 1. The minimum atomic E-state index is -2.56. The molecule has 0 spiro atoms. The smallest absolute Gasteiger partial charge is 0.319 e. The number of aromatic hydroxyl groups is 1. The number of nitrogens with zero attached hydrogens (tertiary/aromatic N) is 5. The summed E-state index contributed by atoms with van der Waals surface area (Å²) < 4.78 is 92.5. The van der Waals surface area contributed by atoms with Crippen LogP contribution in [0.4, 0.5) is 19.0 Å². The zero-order valence-corrected chi connectivity index (χ0v) is 21.3. The molecule has 2 aromatic carbocycles. The number of halogens is 3. The highest BCUT2D eigenvalue weighted by atomic mass is 19.2. The van der Waals surface area contributed by atoms with Gasteiger partial charge in [0, 0.05) is 52.5 Å². The first-order valence-electron chi connectivity index (χ1n) is 15.7. The third-order valence-corrected chi connectivity index (χ3v) is 7.95. The first-order valence-corrected chi connectivity index (χ1v) is 13.2. The normalized spacial score (nSPS) is 25.5. The molecule has 208 valence electrons. The van der Waals surface area contributed by atoms with E-state index in [4.69, 9.17) is 11.6 Å². The molecule has 4 aromatic rings. The molecule has 2 N–H and O–H groups in total. The number of rotatable bonds is 5. The molecule has 0 radical (unpaired) electrons. The van der Waals surface area contributed by atoms with Gasteiger partial charge in [-0.15, -0.1) is 0 Å². The van der Waals surface area contributed by atoms with E-state index < -0.39 is 48.7 Å². The van der Waals surface area contributed by atoms with Gasteiger partial charge in [-0.1, -0.05) is 6.07 Å². The van der Waals surface area contributed by atoms with E-state index in [1.807, 2.05) is 4.90 Å². The third-order valence-electron chi connectivity index (χ3n) is 7.95. The molecular formula is C29H29F3N6O2. The number of likely N-dealkylation sites (tertiary alicyclic amines) is 1. The molecule has 2 bridgehead atoms. The summed E-state index contributed by atoms with van der Waals surface area (Å²) in [5, 5.41) is 13.9. The number of hydrogen-bond acceptors (Lipinski definition) is 8. The summed E-state index contributed by atoms with van der Waals surface area (Å²) in [7, 11) is 0. The van der Waals surface area contributed by atoms with Crippen LogP contribution in [0.5, 0.6) is 11.8 Å². The van der Waals surface area contributed by atoms with Gasteiger partial charge in [0.25, 0.3) is 0 Å². The molecule has 3 saturated heterocycles. The Bertz CT molecular complexity index is 1820. The average Bonchev–Trinajstić information content (AvgIpc) is 3.62. The van der Waals surface area contributed by atoms with Crippen molar-refractivity contribution in [2.24, 2.45) is 0 Å². The van der Waals surface area contributed by atoms with Crippen LogP contribution in [0.25, 0.3) is 32.9 Å². The summed E-state index contributed by atoms with van der Waals surface area (Å²) in [5.41, 5.74) is -0.941. The summed E-state index contributed by atoms with van der Waals surface area (Å²) in [6.07, 6.45) is 3.84. The molecule has 0 amide bonds. The number of likely N-dealkylation sites (N-methyl/N-ethyl adjacent to an activating group) is 1. The van der Waals surface area contributed by atoms with Crippen molar-refractivity contribution in [1.82, 2.24) is 25.2 Å². The van der Waals surface area contributed by atoms with Gasteiger partial charge in [0.05, 0.1) is 8.13 Å². The average molecular weight is 556 g/mol. The fourth-order valence-corrected chi connectivity index (χ4v) is 6.04. The molecule has 3 aliphatic rings. The summed E-state index contributed by atoms with van der Waals surface area (Å²) in [6.45, 7) is -3.92. The molecule has 3 atom stereocenters. The van der Waals surface area contributed by atoms with E-state index in [1.165, 1.54) is 18.3 Å². The zero-order valence-electron chi connectivity index (χ0n) is 26.3. The van der Waals surface area contributed by atoms with E-state index in [2.05, 4.69) is 20.3 Å². The van der Waals surface area contributed by atoms with Crippen molar-refractivity contribution >= 4 is 27.5 Å². The Morgan fingerprint density at radius 1 is 1.12 bits per heavy atom. The van der Waals surface area contributed by atoms with Crippen molar-refractivity contribution in [2.45, 2.75) is 43.8 Å². The lowest BCUT2D eigenvalue weighted by Crippen LogP contribution is -2.51. The third kappa shape index (κ3) is 4.28. The minimum Gasteiger partial charge on any atom is -0.508 e. The van der Waals surface area contributed by atoms with Crippen molar-refractivity contribution in [3.63, 3.8) is 0 Å². The van der Waals surface area contributed by atoms with Crippen molar-refractivity contribution in [1.29, 1.82) is 0 Å². The second-order valence-electron chi connectivity index (χ2n) is 10.6. The number of hydrogen-bond donors (Lipinski definition) is 2. The van der Waals surface area contributed by atoms with Crippen LogP contribution in [-0.4, -0.2) is 76.3 Å². The maximum Gasteiger partial charge on any atom is 0.319 e. The Morgan fingerprint density at radius 2 is 1.95 bits per heavy atom. The fourth-order valence-electron chi connectivity index (χ4n) is 6.04. The number of phenolic OH excluding ortho intramolecular Hbond substituents is 1. The van der Waals surface area contributed by atoms with E-state index in [1.54, 1.807) is 0 Å². The maximum atomic E-state index is 16.6. The molecular weight excluding hydrogens is 521 g/mol. The lowest BCUT2D eigenvalue weighted by Gasteiger charge is -2.34. The first-order chi connectivity index (χ1) is 21.3. The summed E-state index contributed by atoms with van der Waals surface area (Å²) in [6, 6.07) is 3.12. The van der Waals surface area contributed by atoms with E-state index in [0.29, 0.717) is 19.5 Å². The Kier molecular flexibility index (Phi) is 4.92. The molecule has 3 aliphatic heterocycles. The number of benzene rings is 2. The molecule has 11 heteroatoms. The Labute approximate surface area is 235 Å². The predicted octanol–water partition coefficient (Wildman–Crippen LogP) is 4.38. The van der Waals surface area contributed by atoms with Gasteiger partial charge < -0.3 is 25.0 Å². The van der Waals surface area contributed by atoms with Crippen LogP contribution in [0.1, 0.15) is 32.5 Å². The Hall–Kier alpha value is -3.70. The van der Waals surface area contributed by atoms with Crippen molar-refractivity contribution in [2.75, 3.05) is 38.1 Å². The number of ether oxygens (including phenoxy) is 1. The van der Waals surface area contributed by atoms with Crippen LogP contribution >= 0.6 is 0 Å². The molecule has 5 heterocycles. The van der Waals surface area contributed by atoms with E-state index in [-0.39, 0.29) is 63.9 Å². The molecule has 0 saturated carbocycles. The number of pyridine rings is 1. The van der Waals surface area contributed by atoms with Crippen LogP contribution in [0.2, 0.25) is 0 Å². The first kappa shape index (κ1) is 20.2. The quantitative estimate of drug-likeness (QED) is 0.375. The lowest BCUT2D eigenvalue weighted by molar-refractivity contribution is 0.188. The lowest BCUT2D eigenvalue weighted by atomic mass is 9.99. The van der Waals surface area contributed by atoms with Crippen molar-refractivity contribution in [3.05, 3.63) is 47.9 Å². The molecule has 40 heavy (non-hydrogen) atoms. The highest BCUT2D eigenvalue weighted by Gasteiger charge is 2.34. The molecule has 0 unspecified atom stereocenters. The number of nitrogens with one attached hydrogen (secondary N) is 1. The van der Waals surface area contributed by atoms with Gasteiger partial charge in [-0.3, -0.25) is 4.98 Å². The van der Waals surface area contributed by atoms with Gasteiger partial charge in [0.15, 0.2) is 17.5 Å². The number of aromatic nitrogens is 3. The SMILES string of the molecule is [2H]C([2H])(Oc1nc(N2C[C@H]3CC[C@@H](C2)N3)c2cnc(-c3cc(O)cc4ccc(F)c(F)c34)c(F)c2n1)[C@@H]1CCCN1C([2H])([2H])[2H]. The van der Waals surface area contributed by atoms with Gasteiger partial charge >= 0.3 is 6.01 Å². The molecule has 8 nitrogen and oxygen atoms in total. The molecule has 2 aromatic heterocycles. The number of phenols is 1. The monoisotopic (exact) mass is 555 g/mol. The Morgan fingerprint density at radius 3 is 2.75 bits per heavy atom. The number of anilines is 1. The van der Waals surface area contributed by atoms with Crippen molar-refractivity contribution < 1.29 is 29.9 Å². The van der Waals surface area contributed by atoms with Crippen LogP contribution in [0, 0.1) is 17.5 Å². The topological polar surface area (TPSA) is 86.6 Å². The van der Waals surface area contributed by atoms with Gasteiger partial charge in [-0.05, 0) is 62.8 Å². The molecule has 3 fully saturated rings. The van der Waals surface area contributed by atoms with Gasteiger partial charge in [-0.2, -0.15) is 9.97 Å². The predicted molar refractivity (Wildman–Crippen MR) is 145 cm³/mol. The maximum absolute atomic E-state index is 16.6. The van der Waals surface area contributed by atoms with Gasteiger partial charge in [0.1, 0.15) is 29.3 Å². The van der Waals surface area contributed by atoms with Crippen LogP contribution in [0.15, 0.2) is 30.5 Å². The highest BCUT2D eigenvalue weighted by molar-refractivity contribution is 6.00. The van der Waals surface area contributed by atoms with Crippen molar-refractivity contribution in [3.8, 4) is 23.0 Å². The van der Waals surface area contributed by atoms with Crippen LogP contribution < -0.4 is 15.0 Å². The fraction of sp³-hybridized carbons (Fsp3) is 0.414. The second kappa shape index (κ2) is 9.74. The zero-order chi connectivity index (χ0) is 31.8. The highest BCUT2D eigenvalue weighted by Crippen LogP contribution is 2.39. The van der Waals surface area contributed by atoms with E-state index >= 15 is 8.78 Å². The standard InChI is InChI=1S/C29H29F3N6O2/c1-37-8-2-3-18(37)14-40-29-35-27-21(28(36-29)38-12-16-5-6-17(13-38)34-16)11-33-26(25(27)32)20-10-19(39)9-15-4-7-22(30)24(31)23(15)20/h4,7,9-11,16-18,34,39H,2-3,5-6,8,12-14H2,1H3/t16-,17+,18-/m0/s1/i1D3,14D2. The largest absolute Gasteiger partial charge is 0.508 e. The van der Waals surface area contributed by atoms with Crippen LogP contribution in [-0.2, 0) is 0 Å². The Balaban J connectivity index is 1.39.